The minimum absolute atomic E-state index is 0.346. The van der Waals surface area contributed by atoms with Gasteiger partial charge in [0.05, 0.1) is 5.69 Å². The molecule has 3 rings (SSSR count). The van der Waals surface area contributed by atoms with Gasteiger partial charge in [-0.15, -0.1) is 0 Å². The largest absolute Gasteiger partial charge is 0.285 e. The number of aromatic nitrogens is 4. The molecule has 0 aromatic carbocycles. The van der Waals surface area contributed by atoms with E-state index in [-0.39, 0.29) is 0 Å². The van der Waals surface area contributed by atoms with Crippen molar-refractivity contribution >= 4 is 0 Å². The average Bonchev–Trinajstić information content (AvgIpc) is 2.82. The topological polar surface area (TPSA) is 67.4 Å². The molecule has 0 spiro atoms. The number of imidazole rings is 1. The number of nitriles is 1. The zero-order chi connectivity index (χ0) is 11.7. The molecule has 0 saturated heterocycles. The molecule has 0 amide bonds. The third kappa shape index (κ3) is 1.58. The molecule has 5 nitrogen and oxygen atoms in total. The van der Waals surface area contributed by atoms with E-state index in [9.17, 15) is 0 Å². The first-order valence-corrected chi connectivity index (χ1v) is 5.66. The first kappa shape index (κ1) is 9.97. The number of aryl methyl sites for hydroxylation is 1. The minimum Gasteiger partial charge on any atom is -0.285 e. The van der Waals surface area contributed by atoms with Crippen molar-refractivity contribution in [1.82, 2.24) is 19.5 Å². The maximum atomic E-state index is 9.04. The van der Waals surface area contributed by atoms with E-state index >= 15 is 0 Å². The van der Waals surface area contributed by atoms with Gasteiger partial charge in [-0.1, -0.05) is 0 Å². The van der Waals surface area contributed by atoms with Crippen LogP contribution in [0.5, 0.6) is 0 Å². The summed E-state index contributed by atoms with van der Waals surface area (Å²) in [7, 11) is 0. The van der Waals surface area contributed by atoms with Gasteiger partial charge in [-0.05, 0) is 25.7 Å². The molecule has 0 bridgehead atoms. The number of rotatable bonds is 1. The fraction of sp³-hybridized carbons (Fsp3) is 0.333. The second kappa shape index (κ2) is 3.98. The maximum absolute atomic E-state index is 9.04. The van der Waals surface area contributed by atoms with Crippen LogP contribution in [-0.2, 0) is 12.8 Å². The highest BCUT2D eigenvalue weighted by Gasteiger charge is 2.18. The van der Waals surface area contributed by atoms with Gasteiger partial charge in [0.1, 0.15) is 12.4 Å². The quantitative estimate of drug-likeness (QED) is 0.736. The summed E-state index contributed by atoms with van der Waals surface area (Å²) in [6.45, 7) is 0. The molecule has 1 aliphatic carbocycles. The highest BCUT2D eigenvalue weighted by Crippen LogP contribution is 2.22. The number of hydrogen-bond donors (Lipinski definition) is 0. The SMILES string of the molecule is N#Cc1nccnc1-n1cnc2c1CCCC2. The van der Waals surface area contributed by atoms with Crippen LogP contribution >= 0.6 is 0 Å². The molecule has 2 heterocycles. The Balaban J connectivity index is 2.16. The molecule has 0 saturated carbocycles. The molecule has 0 N–H and O–H groups in total. The monoisotopic (exact) mass is 225 g/mol. The van der Waals surface area contributed by atoms with Crippen LogP contribution in [0, 0.1) is 11.3 Å². The molecular weight excluding hydrogens is 214 g/mol. The van der Waals surface area contributed by atoms with E-state index in [0.717, 1.165) is 18.5 Å². The van der Waals surface area contributed by atoms with Gasteiger partial charge in [0, 0.05) is 18.1 Å². The Morgan fingerprint density at radius 2 is 1.94 bits per heavy atom. The van der Waals surface area contributed by atoms with Crippen molar-refractivity contribution < 1.29 is 0 Å². The van der Waals surface area contributed by atoms with Crippen molar-refractivity contribution in [1.29, 1.82) is 5.26 Å². The zero-order valence-corrected chi connectivity index (χ0v) is 9.30. The van der Waals surface area contributed by atoms with E-state index < -0.39 is 0 Å². The first-order valence-electron chi connectivity index (χ1n) is 5.66. The van der Waals surface area contributed by atoms with E-state index in [0.29, 0.717) is 11.5 Å². The highest BCUT2D eigenvalue weighted by atomic mass is 15.1. The van der Waals surface area contributed by atoms with Crippen molar-refractivity contribution in [3.8, 4) is 11.9 Å². The Kier molecular flexibility index (Phi) is 2.33. The predicted molar refractivity (Wildman–Crippen MR) is 60.5 cm³/mol. The average molecular weight is 225 g/mol. The molecule has 17 heavy (non-hydrogen) atoms. The van der Waals surface area contributed by atoms with Crippen LogP contribution in [0.3, 0.4) is 0 Å². The maximum Gasteiger partial charge on any atom is 0.183 e. The Bertz CT molecular complexity index is 593. The van der Waals surface area contributed by atoms with Gasteiger partial charge >= 0.3 is 0 Å². The molecule has 0 atom stereocenters. The summed E-state index contributed by atoms with van der Waals surface area (Å²) < 4.78 is 1.90. The summed E-state index contributed by atoms with van der Waals surface area (Å²) in [4.78, 5) is 12.7. The van der Waals surface area contributed by atoms with Crippen LogP contribution in [0.25, 0.3) is 5.82 Å². The van der Waals surface area contributed by atoms with Crippen molar-refractivity contribution in [2.45, 2.75) is 25.7 Å². The predicted octanol–water partition coefficient (Wildman–Crippen LogP) is 1.41. The van der Waals surface area contributed by atoms with Crippen molar-refractivity contribution in [2.75, 3.05) is 0 Å². The lowest BCUT2D eigenvalue weighted by Crippen LogP contribution is -2.09. The molecule has 5 heteroatoms. The van der Waals surface area contributed by atoms with Gasteiger partial charge < -0.3 is 0 Å². The molecule has 0 aliphatic heterocycles. The van der Waals surface area contributed by atoms with Crippen LogP contribution < -0.4 is 0 Å². The Hall–Kier alpha value is -2.22. The van der Waals surface area contributed by atoms with Gasteiger partial charge in [0.25, 0.3) is 0 Å². The molecule has 1 aliphatic rings. The lowest BCUT2D eigenvalue weighted by atomic mass is 10.0. The Morgan fingerprint density at radius 1 is 1.12 bits per heavy atom. The third-order valence-electron chi connectivity index (χ3n) is 3.04. The van der Waals surface area contributed by atoms with Crippen LogP contribution in [0.15, 0.2) is 18.7 Å². The van der Waals surface area contributed by atoms with Crippen LogP contribution in [0.2, 0.25) is 0 Å². The zero-order valence-electron chi connectivity index (χ0n) is 9.30. The molecule has 84 valence electrons. The smallest absolute Gasteiger partial charge is 0.183 e. The van der Waals surface area contributed by atoms with Crippen molar-refractivity contribution in [3.05, 3.63) is 35.8 Å². The molecular formula is C12H11N5. The van der Waals surface area contributed by atoms with Gasteiger partial charge in [0.15, 0.2) is 11.5 Å². The van der Waals surface area contributed by atoms with E-state index in [4.69, 9.17) is 5.26 Å². The van der Waals surface area contributed by atoms with Crippen LogP contribution in [0.4, 0.5) is 0 Å². The van der Waals surface area contributed by atoms with E-state index in [1.807, 2.05) is 4.57 Å². The lowest BCUT2D eigenvalue weighted by molar-refractivity contribution is 0.653. The second-order valence-electron chi connectivity index (χ2n) is 4.06. The van der Waals surface area contributed by atoms with Crippen molar-refractivity contribution in [3.63, 3.8) is 0 Å². The highest BCUT2D eigenvalue weighted by molar-refractivity contribution is 5.40. The molecule has 2 aromatic rings. The van der Waals surface area contributed by atoms with E-state index in [1.165, 1.54) is 24.7 Å². The number of fused-ring (bicyclic) bond motifs is 1. The normalized spacial score (nSPS) is 14.1. The molecule has 0 radical (unpaired) electrons. The lowest BCUT2D eigenvalue weighted by Gasteiger charge is -2.13. The second-order valence-corrected chi connectivity index (χ2v) is 4.06. The molecule has 0 unspecified atom stereocenters. The third-order valence-corrected chi connectivity index (χ3v) is 3.04. The molecule has 2 aromatic heterocycles. The van der Waals surface area contributed by atoms with E-state index in [1.54, 1.807) is 12.5 Å². The summed E-state index contributed by atoms with van der Waals surface area (Å²) in [6.07, 6.45) is 9.26. The van der Waals surface area contributed by atoms with Crippen molar-refractivity contribution in [2.24, 2.45) is 0 Å². The summed E-state index contributed by atoms with van der Waals surface area (Å²) in [5.74, 6) is 0.589. The van der Waals surface area contributed by atoms with Gasteiger partial charge in [0.2, 0.25) is 0 Å². The fourth-order valence-electron chi connectivity index (χ4n) is 2.24. The summed E-state index contributed by atoms with van der Waals surface area (Å²) in [6, 6.07) is 2.07. The first-order chi connectivity index (χ1) is 8.40. The standard InChI is InChI=1S/C12H11N5/c13-7-10-12(15-6-5-14-10)17-8-16-9-3-1-2-4-11(9)17/h5-6,8H,1-4H2. The summed E-state index contributed by atoms with van der Waals surface area (Å²) >= 11 is 0. The molecule has 0 fully saturated rings. The van der Waals surface area contributed by atoms with E-state index in [2.05, 4.69) is 21.0 Å². The number of hydrogen-bond acceptors (Lipinski definition) is 4. The summed E-state index contributed by atoms with van der Waals surface area (Å²) in [5.41, 5.74) is 2.65. The number of nitrogens with zero attached hydrogens (tertiary/aromatic N) is 5. The Morgan fingerprint density at radius 3 is 2.82 bits per heavy atom. The van der Waals surface area contributed by atoms with Gasteiger partial charge in [-0.2, -0.15) is 5.26 Å². The summed E-state index contributed by atoms with van der Waals surface area (Å²) in [5, 5.41) is 9.04. The van der Waals surface area contributed by atoms with Crippen LogP contribution in [-0.4, -0.2) is 19.5 Å². The minimum atomic E-state index is 0.346. The van der Waals surface area contributed by atoms with Crippen LogP contribution in [0.1, 0.15) is 29.9 Å². The van der Waals surface area contributed by atoms with Gasteiger partial charge in [-0.25, -0.2) is 15.0 Å². The van der Waals surface area contributed by atoms with Gasteiger partial charge in [-0.3, -0.25) is 4.57 Å². The fourth-order valence-corrected chi connectivity index (χ4v) is 2.24. The Labute approximate surface area is 98.8 Å².